The van der Waals surface area contributed by atoms with E-state index in [0.29, 0.717) is 81.4 Å². The molecule has 7 aromatic carbocycles. The summed E-state index contributed by atoms with van der Waals surface area (Å²) < 4.78 is 25.3. The highest BCUT2D eigenvalue weighted by Gasteiger charge is 2.50. The van der Waals surface area contributed by atoms with Crippen LogP contribution in [0.4, 0.5) is 0 Å². The van der Waals surface area contributed by atoms with Crippen molar-refractivity contribution in [1.82, 2.24) is 0 Å². The number of phenolic OH excluding ortho intramolecular Hbond substituents is 6. The van der Waals surface area contributed by atoms with Gasteiger partial charge in [-0.2, -0.15) is 0 Å². The Morgan fingerprint density at radius 2 is 0.708 bits per heavy atom. The smallest absolute Gasteiger partial charge is 0.339 e. The van der Waals surface area contributed by atoms with E-state index in [-0.39, 0.29) is 104 Å². The molecule has 144 heavy (non-hydrogen) atoms. The number of carboxylic acids is 2. The van der Waals surface area contributed by atoms with Crippen LogP contribution in [0.5, 0.6) is 69.0 Å². The zero-order chi connectivity index (χ0) is 105. The highest BCUT2D eigenvalue weighted by molar-refractivity contribution is 5.95. The van der Waals surface area contributed by atoms with Gasteiger partial charge < -0.3 is 70.0 Å². The van der Waals surface area contributed by atoms with Gasteiger partial charge in [0, 0.05) is 80.7 Å². The fourth-order valence-electron chi connectivity index (χ4n) is 24.3. The summed E-state index contributed by atoms with van der Waals surface area (Å²) >= 11 is 0. The number of phenols is 8. The summed E-state index contributed by atoms with van der Waals surface area (Å²) in [6, 6.07) is 25.7. The molecule has 0 radical (unpaired) electrons. The summed E-state index contributed by atoms with van der Waals surface area (Å²) in [5.74, 6) is 4.15. The quantitative estimate of drug-likeness (QED) is 0.0148. The molecule has 0 fully saturated rings. The van der Waals surface area contributed by atoms with Gasteiger partial charge in [0.25, 0.3) is 0 Å². The molecule has 16 rings (SSSR count). The van der Waals surface area contributed by atoms with Gasteiger partial charge in [-0.15, -0.1) is 0 Å². The van der Waals surface area contributed by atoms with Crippen LogP contribution in [0.2, 0.25) is 0 Å². The molecule has 0 bridgehead atoms. The largest absolute Gasteiger partial charge is 0.508 e. The van der Waals surface area contributed by atoms with Gasteiger partial charge in [0.05, 0.1) is 5.56 Å². The molecule has 10 atom stereocenters. The Hall–Kier alpha value is -10.7. The van der Waals surface area contributed by atoms with E-state index >= 15 is 0 Å². The number of aromatic carboxylic acids is 2. The van der Waals surface area contributed by atoms with E-state index in [1.165, 1.54) is 115 Å². The molecule has 0 aromatic heterocycles. The van der Waals surface area contributed by atoms with Crippen molar-refractivity contribution in [2.45, 2.75) is 423 Å². The summed E-state index contributed by atoms with van der Waals surface area (Å²) in [4.78, 5) is 23.7. The summed E-state index contributed by atoms with van der Waals surface area (Å²) in [6.45, 7) is 55.0. The first kappa shape index (κ1) is 114. The molecule has 10 N–H and O–H groups in total. The van der Waals surface area contributed by atoms with Crippen molar-refractivity contribution in [1.29, 1.82) is 0 Å². The van der Waals surface area contributed by atoms with Crippen molar-refractivity contribution in [2.75, 3.05) is 0 Å². The van der Waals surface area contributed by atoms with Crippen LogP contribution in [-0.2, 0) is 44.1 Å². The maximum atomic E-state index is 11.9. The number of aryl methyl sites for hydroxylation is 7. The Morgan fingerprint density at radius 3 is 1.15 bits per heavy atom. The first-order valence-corrected chi connectivity index (χ1v) is 54.8. The fourth-order valence-corrected chi connectivity index (χ4v) is 24.3. The lowest BCUT2D eigenvalue weighted by molar-refractivity contribution is 0.00744. The minimum Gasteiger partial charge on any atom is -0.508 e. The average Bonchev–Trinajstić information content (AvgIpc) is 0.745. The molecule has 784 valence electrons. The third kappa shape index (κ3) is 27.4. The summed E-state index contributed by atoms with van der Waals surface area (Å²) in [5, 5.41) is 105. The predicted octanol–water partition coefficient (Wildman–Crippen LogP) is 34.0. The van der Waals surface area contributed by atoms with Gasteiger partial charge in [-0.25, -0.2) is 9.59 Å². The van der Waals surface area contributed by atoms with Crippen molar-refractivity contribution >= 4 is 11.9 Å². The maximum absolute atomic E-state index is 11.9. The third-order valence-electron chi connectivity index (χ3n) is 32.2. The molecular formula is C128H176O16. The number of fused-ring (bicyclic) bond motifs is 12. The molecule has 7 aromatic rings. The van der Waals surface area contributed by atoms with Gasteiger partial charge in [-0.05, 0) is 363 Å². The van der Waals surface area contributed by atoms with Crippen molar-refractivity contribution < 1.29 is 79.6 Å². The number of unbranched alkanes of at least 4 members (excludes halogenated alkanes) is 12. The lowest BCUT2D eigenvalue weighted by Gasteiger charge is -2.47. The van der Waals surface area contributed by atoms with Crippen molar-refractivity contribution in [3.05, 3.63) is 245 Å². The SMILES string of the molecule is C=C(C)[C@@H]1CCC(C)=C[C@H]1c1c(O)cc(CCCCC)c(C(=O)O)c1O.C=C(C)[C@@H]1CCC(C)=C[C@H]1c1c(O)cc(CCCCC)cc1O.CCCCCc1cc(O)c2c(c1)OC(C)(C)[C@@H]1CC=C(C)C[C@@H]21.CCCCCc1cc(O)c2c(c1)OC(C)(C)[C@@H]1CCC(C)=C[C@@H]21.CCCCCc1cc(O)c2c(c1)OC(C)(C)c1ccc(C)cc1-2.CCCCCc1cc2c(c(O)c1C(=O)O)[C@@H]1C=C(C)CC[C@H]1C(C)(C)O2. The summed E-state index contributed by atoms with van der Waals surface area (Å²) in [6.07, 6.45) is 46.5. The molecule has 9 aliphatic rings. The number of carbonyl (C=O) groups is 2. The van der Waals surface area contributed by atoms with E-state index in [2.05, 4.69) is 205 Å². The Kier molecular flexibility index (Phi) is 39.5. The van der Waals surface area contributed by atoms with Gasteiger partial charge in [-0.1, -0.05) is 225 Å². The molecule has 16 heteroatoms. The third-order valence-corrected chi connectivity index (χ3v) is 32.2. The van der Waals surface area contributed by atoms with Crippen LogP contribution >= 0.6 is 0 Å². The van der Waals surface area contributed by atoms with Crippen LogP contribution in [0.3, 0.4) is 0 Å². The second-order valence-electron chi connectivity index (χ2n) is 45.7. The van der Waals surface area contributed by atoms with E-state index in [4.69, 9.17) is 18.9 Å². The molecule has 0 amide bonds. The number of benzene rings is 7. The maximum Gasteiger partial charge on any atom is 0.339 e. The van der Waals surface area contributed by atoms with Crippen molar-refractivity contribution in [2.24, 2.45) is 29.6 Å². The van der Waals surface area contributed by atoms with Gasteiger partial charge in [-0.3, -0.25) is 0 Å². The minimum absolute atomic E-state index is 0.00490. The van der Waals surface area contributed by atoms with Crippen LogP contribution in [0.1, 0.15) is 448 Å². The lowest BCUT2D eigenvalue weighted by Crippen LogP contribution is -2.45. The molecule has 0 unspecified atom stereocenters. The normalized spacial score (nSPS) is 21.6. The zero-order valence-electron chi connectivity index (χ0n) is 91.5. The average molecular weight is 1970 g/mol. The number of rotatable bonds is 30. The fraction of sp³-hybridized carbons (Fsp3) is 0.547. The number of hydrogen-bond donors (Lipinski definition) is 10. The van der Waals surface area contributed by atoms with E-state index in [9.17, 15) is 60.7 Å². The standard InChI is InChI=1S/2C22H30O4.2C21H30O2.C21H26O2.C21H30O2/c1-5-6-7-8-14-12-17-19(20(23)18(14)21(24)25)15-11-13(2)9-10-16(15)22(3,4)26-17;1-5-6-7-8-15-12-18(23)20(21(24)19(15)22(25)26)17-11-14(4)9-10-16(17)13(2)3;3*1-5-6-7-8-15-12-18(22)20-16-11-14(2)9-10-17(16)21(3,4)23-19(20)13-15;1-5-6-7-8-16-12-19(22)21(20(23)13-16)18-11-15(4)9-10-17(18)14(2)3/h11-12,15-16,23H,5-10H2,1-4H3,(H,24,25);11-12,16-17,23-24H,2,5-10H2,1,3-4H3,(H,25,26);11-13,16-17,22H,5-10H2,1-4H3;9,12-13,16-17,22H,5-8,10-11H2,1-4H3;9-13,22H,5-8H2,1-4H3;11-13,17-18,22-23H,2,5-10H2,1,3-4H3/t15-,16-;16-,17+;2*16-,17-;;17-,18+/m1011.0/s1. The highest BCUT2D eigenvalue weighted by atomic mass is 16.5. The summed E-state index contributed by atoms with van der Waals surface area (Å²) in [5.41, 5.74) is 21.3. The van der Waals surface area contributed by atoms with Crippen LogP contribution < -0.4 is 18.9 Å². The molecule has 16 nitrogen and oxygen atoms in total. The minimum atomic E-state index is -1.15. The van der Waals surface area contributed by atoms with E-state index in [1.807, 2.05) is 63.2 Å². The monoisotopic (exact) mass is 1970 g/mol. The summed E-state index contributed by atoms with van der Waals surface area (Å²) in [7, 11) is 0. The Bertz CT molecular complexity index is 5820. The predicted molar refractivity (Wildman–Crippen MR) is 589 cm³/mol. The molecule has 5 aliphatic carbocycles. The van der Waals surface area contributed by atoms with Crippen LogP contribution in [0.25, 0.3) is 11.1 Å². The Morgan fingerprint density at radius 1 is 0.361 bits per heavy atom. The van der Waals surface area contributed by atoms with Crippen LogP contribution in [0.15, 0.2) is 161 Å². The number of allylic oxidation sites excluding steroid dienone is 12. The van der Waals surface area contributed by atoms with Gasteiger partial charge in [0.15, 0.2) is 0 Å². The van der Waals surface area contributed by atoms with Crippen LogP contribution in [0, 0.1) is 36.5 Å². The molecule has 0 spiro atoms. The molecule has 0 saturated heterocycles. The topological polar surface area (TPSA) is 273 Å². The Labute approximate surface area is 863 Å². The number of ether oxygens (including phenoxy) is 4. The van der Waals surface area contributed by atoms with Gasteiger partial charge in [0.2, 0.25) is 0 Å². The van der Waals surface area contributed by atoms with Crippen molar-refractivity contribution in [3.8, 4) is 80.1 Å². The van der Waals surface area contributed by atoms with E-state index in [0.717, 1.165) is 209 Å². The van der Waals surface area contributed by atoms with Crippen LogP contribution in [-0.4, -0.2) is 79.8 Å². The second kappa shape index (κ2) is 50.1. The molecule has 4 heterocycles. The van der Waals surface area contributed by atoms with Gasteiger partial charge >= 0.3 is 11.9 Å². The lowest BCUT2D eigenvalue weighted by atomic mass is 9.67. The molecule has 0 saturated carbocycles. The number of hydrogen-bond acceptors (Lipinski definition) is 14. The first-order valence-electron chi connectivity index (χ1n) is 54.8. The van der Waals surface area contributed by atoms with E-state index < -0.39 is 11.9 Å². The highest BCUT2D eigenvalue weighted by Crippen LogP contribution is 2.60. The number of carboxylic acid groups (broad SMARTS) is 2. The van der Waals surface area contributed by atoms with Crippen molar-refractivity contribution in [3.63, 3.8) is 0 Å². The molecular weight excluding hydrogens is 1790 g/mol. The zero-order valence-corrected chi connectivity index (χ0v) is 91.5. The second-order valence-corrected chi connectivity index (χ2v) is 45.7. The van der Waals surface area contributed by atoms with E-state index in [1.54, 1.807) is 0 Å². The molecule has 4 aliphatic heterocycles. The number of aromatic hydroxyl groups is 8. The Balaban J connectivity index is 0.000000165. The first-order chi connectivity index (χ1) is 68.2. The van der Waals surface area contributed by atoms with Gasteiger partial charge in [0.1, 0.15) is 103 Å².